The zero-order chi connectivity index (χ0) is 26.2. The fourth-order valence-electron chi connectivity index (χ4n) is 5.61. The van der Waals surface area contributed by atoms with Gasteiger partial charge in [0.2, 0.25) is 0 Å². The molecule has 0 saturated heterocycles. The Kier molecular flexibility index (Phi) is 7.26. The Labute approximate surface area is 221 Å². The lowest BCUT2D eigenvalue weighted by Gasteiger charge is -2.18. The number of carboxylic acids is 1. The number of nitrogens with zero attached hydrogens (tertiary/aromatic N) is 2. The highest BCUT2D eigenvalue weighted by molar-refractivity contribution is 6.31. The Bertz CT molecular complexity index is 1300. The molecule has 0 bridgehead atoms. The van der Waals surface area contributed by atoms with Gasteiger partial charge < -0.3 is 14.2 Å². The van der Waals surface area contributed by atoms with Crippen molar-refractivity contribution in [1.29, 1.82) is 0 Å². The van der Waals surface area contributed by atoms with Gasteiger partial charge in [0, 0.05) is 47.2 Å². The molecule has 0 spiro atoms. The van der Waals surface area contributed by atoms with E-state index in [0.717, 1.165) is 48.1 Å². The van der Waals surface area contributed by atoms with Crippen molar-refractivity contribution >= 4 is 23.4 Å². The van der Waals surface area contributed by atoms with Gasteiger partial charge in [-0.25, -0.2) is 0 Å². The van der Waals surface area contributed by atoms with Crippen LogP contribution < -0.4 is 0 Å². The van der Waals surface area contributed by atoms with Gasteiger partial charge in [-0.1, -0.05) is 53.8 Å². The molecule has 0 amide bonds. The molecule has 3 aromatic rings. The van der Waals surface area contributed by atoms with Crippen molar-refractivity contribution in [3.05, 3.63) is 57.4 Å². The predicted molar refractivity (Wildman–Crippen MR) is 139 cm³/mol. The van der Waals surface area contributed by atoms with Gasteiger partial charge >= 0.3 is 5.97 Å². The average molecular weight is 525 g/mol. The minimum Gasteiger partial charge on any atom is -0.481 e. The van der Waals surface area contributed by atoms with E-state index in [1.165, 1.54) is 12.8 Å². The molecule has 2 aliphatic rings. The number of rotatable bonds is 11. The second-order valence-corrected chi connectivity index (χ2v) is 11.5. The van der Waals surface area contributed by atoms with E-state index in [0.29, 0.717) is 28.6 Å². The lowest BCUT2D eigenvalue weighted by atomic mass is 9.85. The second-order valence-electron chi connectivity index (χ2n) is 11.1. The van der Waals surface area contributed by atoms with Crippen molar-refractivity contribution in [2.75, 3.05) is 0 Å². The van der Waals surface area contributed by atoms with E-state index in [9.17, 15) is 14.7 Å². The van der Waals surface area contributed by atoms with Gasteiger partial charge in [0.1, 0.15) is 11.5 Å². The van der Waals surface area contributed by atoms with Crippen LogP contribution in [-0.4, -0.2) is 27.2 Å². The molecule has 2 aromatic heterocycles. The van der Waals surface area contributed by atoms with Crippen molar-refractivity contribution in [3.8, 4) is 11.5 Å². The number of carbonyl (C=O) groups is 2. The fourth-order valence-corrected chi connectivity index (χ4v) is 5.91. The van der Waals surface area contributed by atoms with E-state index < -0.39 is 5.97 Å². The van der Waals surface area contributed by atoms with Crippen LogP contribution in [0, 0.1) is 6.92 Å². The van der Waals surface area contributed by atoms with Crippen LogP contribution in [0.15, 0.2) is 33.3 Å². The molecule has 0 radical (unpaired) electrons. The molecular weight excluding hydrogens is 492 g/mol. The summed E-state index contributed by atoms with van der Waals surface area (Å²) in [5.74, 6) is 0.454. The molecule has 2 saturated carbocycles. The normalized spacial score (nSPS) is 17.7. The van der Waals surface area contributed by atoms with Crippen LogP contribution in [0.2, 0.25) is 5.02 Å². The Morgan fingerprint density at radius 1 is 1.16 bits per heavy atom. The number of carbonyl (C=O) groups excluding carboxylic acids is 1. The number of hydrogen-bond donors (Lipinski definition) is 1. The number of aromatic nitrogens is 2. The quantitative estimate of drug-likeness (QED) is 0.284. The maximum absolute atomic E-state index is 13.1. The molecule has 196 valence electrons. The largest absolute Gasteiger partial charge is 0.481 e. The average Bonchev–Trinajstić information content (AvgIpc) is 3.22. The van der Waals surface area contributed by atoms with Crippen molar-refractivity contribution in [2.45, 2.75) is 95.3 Å². The molecule has 5 rings (SSSR count). The van der Waals surface area contributed by atoms with Gasteiger partial charge in [-0.05, 0) is 62.1 Å². The minimum atomic E-state index is -0.901. The van der Waals surface area contributed by atoms with E-state index in [1.54, 1.807) is 0 Å². The first-order valence-electron chi connectivity index (χ1n) is 13.2. The molecule has 1 atom stereocenters. The molecule has 37 heavy (non-hydrogen) atoms. The van der Waals surface area contributed by atoms with E-state index in [-0.39, 0.29) is 42.3 Å². The summed E-state index contributed by atoms with van der Waals surface area (Å²) in [4.78, 5) is 24.6. The van der Waals surface area contributed by atoms with Crippen LogP contribution >= 0.6 is 11.6 Å². The maximum Gasteiger partial charge on any atom is 0.303 e. The third-order valence-electron chi connectivity index (χ3n) is 7.95. The number of ketones is 1. The van der Waals surface area contributed by atoms with E-state index >= 15 is 0 Å². The highest BCUT2D eigenvalue weighted by Crippen LogP contribution is 2.49. The summed E-state index contributed by atoms with van der Waals surface area (Å²) in [6.07, 6.45) is 7.12. The van der Waals surface area contributed by atoms with Gasteiger partial charge in [0.25, 0.3) is 0 Å². The second kappa shape index (κ2) is 10.4. The number of aryl methyl sites for hydroxylation is 1. The zero-order valence-corrected chi connectivity index (χ0v) is 22.1. The van der Waals surface area contributed by atoms with Gasteiger partial charge in [0.15, 0.2) is 11.5 Å². The molecular formula is C29H33ClN2O5. The summed E-state index contributed by atoms with van der Waals surface area (Å²) >= 11 is 6.36. The van der Waals surface area contributed by atoms with Crippen molar-refractivity contribution in [2.24, 2.45) is 0 Å². The fraction of sp³-hybridized carbons (Fsp3) is 0.517. The smallest absolute Gasteiger partial charge is 0.303 e. The standard InChI is InChI=1S/C29H33ClN2O5/c1-17-5-6-19(22(30)13-17)14-21(33)15-20(9-10-25(34)35)27-26(18-7-8-18)28(37-32-27)23-16-24(36-31-23)29(2)11-3-4-12-29/h5-6,13,16,18,20H,3-4,7-12,14-15H2,1-2H3,(H,34,35)/t20-/m0/s1. The number of Topliss-reactive ketones (excluding diaryl/α,β-unsaturated/α-hetero) is 1. The summed E-state index contributed by atoms with van der Waals surface area (Å²) in [6, 6.07) is 7.62. The van der Waals surface area contributed by atoms with Crippen molar-refractivity contribution in [1.82, 2.24) is 10.3 Å². The molecule has 1 N–H and O–H groups in total. The first kappa shape index (κ1) is 25.7. The van der Waals surface area contributed by atoms with Gasteiger partial charge in [0.05, 0.1) is 5.69 Å². The van der Waals surface area contributed by atoms with Crippen LogP contribution in [-0.2, 0) is 21.4 Å². The lowest BCUT2D eigenvalue weighted by Crippen LogP contribution is -2.15. The summed E-state index contributed by atoms with van der Waals surface area (Å²) in [5.41, 5.74) is 4.04. The first-order chi connectivity index (χ1) is 17.7. The van der Waals surface area contributed by atoms with Crippen molar-refractivity contribution < 1.29 is 23.7 Å². The highest BCUT2D eigenvalue weighted by atomic mass is 35.5. The third-order valence-corrected chi connectivity index (χ3v) is 8.30. The monoisotopic (exact) mass is 524 g/mol. The molecule has 2 fully saturated rings. The molecule has 2 heterocycles. The minimum absolute atomic E-state index is 0.00896. The highest BCUT2D eigenvalue weighted by Gasteiger charge is 2.39. The summed E-state index contributed by atoms with van der Waals surface area (Å²) in [5, 5.41) is 18.7. The molecule has 7 nitrogen and oxygen atoms in total. The molecule has 0 aliphatic heterocycles. The zero-order valence-electron chi connectivity index (χ0n) is 21.4. The van der Waals surface area contributed by atoms with Crippen LogP contribution in [0.3, 0.4) is 0 Å². The summed E-state index contributed by atoms with van der Waals surface area (Å²) < 4.78 is 11.6. The first-order valence-corrected chi connectivity index (χ1v) is 13.6. The molecule has 1 aromatic carbocycles. The predicted octanol–water partition coefficient (Wildman–Crippen LogP) is 7.15. The molecule has 8 heteroatoms. The van der Waals surface area contributed by atoms with Crippen LogP contribution in [0.5, 0.6) is 0 Å². The summed E-state index contributed by atoms with van der Waals surface area (Å²) in [7, 11) is 0. The Morgan fingerprint density at radius 3 is 2.59 bits per heavy atom. The summed E-state index contributed by atoms with van der Waals surface area (Å²) in [6.45, 7) is 4.17. The van der Waals surface area contributed by atoms with E-state index in [4.69, 9.17) is 20.6 Å². The Hall–Kier alpha value is -2.93. The van der Waals surface area contributed by atoms with Crippen LogP contribution in [0.4, 0.5) is 0 Å². The number of hydrogen-bond acceptors (Lipinski definition) is 6. The van der Waals surface area contributed by atoms with Crippen LogP contribution in [0.1, 0.15) is 105 Å². The Balaban J connectivity index is 1.42. The van der Waals surface area contributed by atoms with Gasteiger partial charge in [-0.3, -0.25) is 9.59 Å². The van der Waals surface area contributed by atoms with Gasteiger partial charge in [-0.2, -0.15) is 0 Å². The molecule has 0 unspecified atom stereocenters. The topological polar surface area (TPSA) is 106 Å². The Morgan fingerprint density at radius 2 is 1.92 bits per heavy atom. The van der Waals surface area contributed by atoms with Gasteiger partial charge in [-0.15, -0.1) is 0 Å². The van der Waals surface area contributed by atoms with E-state index in [1.807, 2.05) is 31.2 Å². The SMILES string of the molecule is Cc1ccc(CC(=O)C[C@H](CCC(=O)O)c2noc(-c3cc(C4(C)CCCC4)on3)c2C2CC2)c(Cl)c1. The maximum atomic E-state index is 13.1. The van der Waals surface area contributed by atoms with E-state index in [2.05, 4.69) is 17.2 Å². The number of benzene rings is 1. The van der Waals surface area contributed by atoms with Crippen LogP contribution in [0.25, 0.3) is 11.5 Å². The number of carboxylic acid groups (broad SMARTS) is 1. The number of halogens is 1. The third kappa shape index (κ3) is 5.66. The molecule has 2 aliphatic carbocycles. The number of aliphatic carboxylic acids is 1. The lowest BCUT2D eigenvalue weighted by molar-refractivity contribution is -0.137. The van der Waals surface area contributed by atoms with Crippen molar-refractivity contribution in [3.63, 3.8) is 0 Å².